The van der Waals surface area contributed by atoms with Crippen LogP contribution in [0.3, 0.4) is 0 Å². The van der Waals surface area contributed by atoms with Crippen LogP contribution < -0.4 is 10.6 Å². The van der Waals surface area contributed by atoms with E-state index < -0.39 is 0 Å². The van der Waals surface area contributed by atoms with Crippen LogP contribution in [-0.4, -0.2) is 53.4 Å². The summed E-state index contributed by atoms with van der Waals surface area (Å²) in [6.07, 6.45) is 7.47. The molecule has 23 heavy (non-hydrogen) atoms. The highest BCUT2D eigenvalue weighted by Crippen LogP contribution is 2.34. The van der Waals surface area contributed by atoms with E-state index in [2.05, 4.69) is 25.6 Å². The average Bonchev–Trinajstić information content (AvgIpc) is 3.42. The number of guanidine groups is 1. The second kappa shape index (κ2) is 8.86. The van der Waals surface area contributed by atoms with Gasteiger partial charge >= 0.3 is 0 Å². The van der Waals surface area contributed by atoms with Gasteiger partial charge in [0.1, 0.15) is 0 Å². The topological polar surface area (TPSA) is 57.5 Å². The van der Waals surface area contributed by atoms with E-state index in [-0.39, 0.29) is 24.0 Å². The summed E-state index contributed by atoms with van der Waals surface area (Å²) in [6, 6.07) is 2.87. The van der Waals surface area contributed by atoms with Crippen molar-refractivity contribution in [2.75, 3.05) is 26.7 Å². The number of aliphatic imine (C=N–C) groups is 1. The molecule has 1 aromatic rings. The summed E-state index contributed by atoms with van der Waals surface area (Å²) in [7, 11) is 3.78. The number of nitrogens with zero attached hydrogens (tertiary/aromatic N) is 4. The minimum absolute atomic E-state index is 0. The van der Waals surface area contributed by atoms with Crippen LogP contribution in [0.4, 0.5) is 0 Å². The lowest BCUT2D eigenvalue weighted by Gasteiger charge is -2.22. The summed E-state index contributed by atoms with van der Waals surface area (Å²) in [5, 5.41) is 10.9. The van der Waals surface area contributed by atoms with Crippen molar-refractivity contribution < 1.29 is 0 Å². The Kier molecular flexibility index (Phi) is 7.13. The number of aryl methyl sites for hydroxylation is 1. The summed E-state index contributed by atoms with van der Waals surface area (Å²) in [5.74, 6) is 1.84. The molecule has 0 aliphatic heterocycles. The number of nitrogens with one attached hydrogen (secondary N) is 2. The highest BCUT2D eigenvalue weighted by Gasteiger charge is 2.33. The van der Waals surface area contributed by atoms with Gasteiger partial charge in [-0.3, -0.25) is 14.6 Å². The van der Waals surface area contributed by atoms with Gasteiger partial charge in [-0.15, -0.1) is 24.0 Å². The van der Waals surface area contributed by atoms with Gasteiger partial charge in [0.25, 0.3) is 0 Å². The molecular weight excluding hydrogens is 403 g/mol. The summed E-state index contributed by atoms with van der Waals surface area (Å²) in [4.78, 5) is 6.96. The zero-order valence-electron chi connectivity index (χ0n) is 14.2. The van der Waals surface area contributed by atoms with Crippen LogP contribution in [0, 0.1) is 5.92 Å². The van der Waals surface area contributed by atoms with Crippen molar-refractivity contribution in [3.8, 4) is 0 Å². The Morgan fingerprint density at radius 2 is 2.13 bits per heavy atom. The van der Waals surface area contributed by atoms with Crippen molar-refractivity contribution in [1.82, 2.24) is 25.3 Å². The predicted octanol–water partition coefficient (Wildman–Crippen LogP) is 1.58. The molecule has 0 spiro atoms. The molecule has 3 rings (SSSR count). The fourth-order valence-electron chi connectivity index (χ4n) is 2.78. The van der Waals surface area contributed by atoms with Crippen molar-refractivity contribution in [2.24, 2.45) is 18.0 Å². The number of aromatic nitrogens is 2. The van der Waals surface area contributed by atoms with E-state index in [0.29, 0.717) is 0 Å². The Balaban J connectivity index is 0.00000192. The highest BCUT2D eigenvalue weighted by molar-refractivity contribution is 14.0. The van der Waals surface area contributed by atoms with Crippen LogP contribution in [0.1, 0.15) is 31.4 Å². The van der Waals surface area contributed by atoms with E-state index in [4.69, 9.17) is 0 Å². The summed E-state index contributed by atoms with van der Waals surface area (Å²) in [6.45, 7) is 4.11. The molecule has 2 N–H and O–H groups in total. The Morgan fingerprint density at radius 1 is 1.35 bits per heavy atom. The molecule has 0 bridgehead atoms. The van der Waals surface area contributed by atoms with E-state index in [9.17, 15) is 0 Å². The van der Waals surface area contributed by atoms with E-state index in [0.717, 1.165) is 43.2 Å². The Bertz CT molecular complexity index is 506. The van der Waals surface area contributed by atoms with Crippen molar-refractivity contribution in [3.05, 3.63) is 18.0 Å². The molecule has 1 heterocycles. The van der Waals surface area contributed by atoms with E-state index in [1.165, 1.54) is 32.2 Å². The van der Waals surface area contributed by atoms with Gasteiger partial charge in [-0.2, -0.15) is 5.10 Å². The maximum atomic E-state index is 4.29. The molecule has 2 fully saturated rings. The maximum absolute atomic E-state index is 4.29. The fourth-order valence-corrected chi connectivity index (χ4v) is 2.78. The van der Waals surface area contributed by atoms with Crippen molar-refractivity contribution in [2.45, 2.75) is 38.3 Å². The van der Waals surface area contributed by atoms with Gasteiger partial charge in [0.15, 0.2) is 5.96 Å². The lowest BCUT2D eigenvalue weighted by molar-refractivity contribution is 0.256. The molecule has 0 saturated heterocycles. The molecule has 2 aliphatic carbocycles. The molecule has 130 valence electrons. The van der Waals surface area contributed by atoms with E-state index in [1.807, 2.05) is 31.0 Å². The molecule has 0 aromatic carbocycles. The van der Waals surface area contributed by atoms with Crippen molar-refractivity contribution >= 4 is 29.9 Å². The zero-order chi connectivity index (χ0) is 15.4. The van der Waals surface area contributed by atoms with Crippen LogP contribution in [0.5, 0.6) is 0 Å². The third kappa shape index (κ3) is 5.95. The Morgan fingerprint density at radius 3 is 2.70 bits per heavy atom. The quantitative estimate of drug-likeness (QED) is 0.372. The van der Waals surface area contributed by atoms with Gasteiger partial charge in [0.05, 0.1) is 12.2 Å². The van der Waals surface area contributed by atoms with Gasteiger partial charge in [-0.05, 0) is 37.7 Å². The Labute approximate surface area is 156 Å². The molecule has 1 aromatic heterocycles. The molecule has 0 amide bonds. The third-order valence-corrected chi connectivity index (χ3v) is 4.53. The number of hydrogen-bond donors (Lipinski definition) is 2. The SMILES string of the molecule is CN=C(NCCN(CC1CC1)C1CC1)NCc1ccnn1C.I. The molecular formula is C16H29IN6. The lowest BCUT2D eigenvalue weighted by atomic mass is 10.3. The van der Waals surface area contributed by atoms with Crippen LogP contribution in [0.2, 0.25) is 0 Å². The van der Waals surface area contributed by atoms with E-state index in [1.54, 1.807) is 0 Å². The first-order valence-corrected chi connectivity index (χ1v) is 8.41. The molecule has 0 atom stereocenters. The van der Waals surface area contributed by atoms with Crippen molar-refractivity contribution in [3.63, 3.8) is 0 Å². The molecule has 0 unspecified atom stereocenters. The smallest absolute Gasteiger partial charge is 0.191 e. The summed E-state index contributed by atoms with van der Waals surface area (Å²) >= 11 is 0. The van der Waals surface area contributed by atoms with Crippen LogP contribution >= 0.6 is 24.0 Å². The van der Waals surface area contributed by atoms with Gasteiger partial charge in [-0.25, -0.2) is 0 Å². The van der Waals surface area contributed by atoms with Crippen LogP contribution in [0.25, 0.3) is 0 Å². The van der Waals surface area contributed by atoms with Crippen LogP contribution in [-0.2, 0) is 13.6 Å². The summed E-state index contributed by atoms with van der Waals surface area (Å²) in [5.41, 5.74) is 1.15. The van der Waals surface area contributed by atoms with Crippen LogP contribution in [0.15, 0.2) is 17.3 Å². The fraction of sp³-hybridized carbons (Fsp3) is 0.750. The second-order valence-corrected chi connectivity index (χ2v) is 6.47. The first-order valence-electron chi connectivity index (χ1n) is 8.41. The average molecular weight is 432 g/mol. The normalized spacial score (nSPS) is 18.0. The maximum Gasteiger partial charge on any atom is 0.191 e. The minimum Gasteiger partial charge on any atom is -0.355 e. The summed E-state index contributed by atoms with van der Waals surface area (Å²) < 4.78 is 1.88. The molecule has 2 aliphatic rings. The van der Waals surface area contributed by atoms with Gasteiger partial charge in [0.2, 0.25) is 0 Å². The predicted molar refractivity (Wildman–Crippen MR) is 104 cm³/mol. The zero-order valence-corrected chi connectivity index (χ0v) is 16.5. The second-order valence-electron chi connectivity index (χ2n) is 6.47. The number of rotatable bonds is 8. The van der Waals surface area contributed by atoms with Gasteiger partial charge in [-0.1, -0.05) is 0 Å². The molecule has 7 heteroatoms. The first kappa shape index (κ1) is 18.5. The molecule has 0 radical (unpaired) electrons. The highest BCUT2D eigenvalue weighted by atomic mass is 127. The standard InChI is InChI=1S/C16H28N6.HI/c1-17-16(19-11-15-7-8-20-21(15)2)18-9-10-22(14-5-6-14)12-13-3-4-13;/h7-8,13-14H,3-6,9-12H2,1-2H3,(H2,17,18,19);1H. The molecule has 2 saturated carbocycles. The lowest BCUT2D eigenvalue weighted by Crippen LogP contribution is -2.42. The first-order chi connectivity index (χ1) is 10.8. The monoisotopic (exact) mass is 432 g/mol. The minimum atomic E-state index is 0. The van der Waals surface area contributed by atoms with E-state index >= 15 is 0 Å². The largest absolute Gasteiger partial charge is 0.355 e. The van der Waals surface area contributed by atoms with Gasteiger partial charge in [0, 0.05) is 46.0 Å². The third-order valence-electron chi connectivity index (χ3n) is 4.53. The Hall–Kier alpha value is -0.830. The van der Waals surface area contributed by atoms with Gasteiger partial charge < -0.3 is 10.6 Å². The molecule has 6 nitrogen and oxygen atoms in total. The number of halogens is 1. The number of hydrogen-bond acceptors (Lipinski definition) is 3. The van der Waals surface area contributed by atoms with Crippen molar-refractivity contribution in [1.29, 1.82) is 0 Å².